The maximum atomic E-state index is 10.1. The fourth-order valence-electron chi connectivity index (χ4n) is 1.84. The van der Waals surface area contributed by atoms with Crippen molar-refractivity contribution in [3.05, 3.63) is 29.8 Å². The lowest BCUT2D eigenvalue weighted by Gasteiger charge is -2.24. The van der Waals surface area contributed by atoms with Gasteiger partial charge in [0.05, 0.1) is 18.8 Å². The number of hydrogen-bond acceptors (Lipinski definition) is 3. The Bertz CT molecular complexity index is 361. The number of benzene rings is 1. The fourth-order valence-corrected chi connectivity index (χ4v) is 1.84. The lowest BCUT2D eigenvalue weighted by atomic mass is 9.96. The number of aliphatic hydroxyl groups is 1. The van der Waals surface area contributed by atoms with Crippen LogP contribution in [-0.2, 0) is 11.2 Å². The molecule has 0 fully saturated rings. The third-order valence-corrected chi connectivity index (χ3v) is 3.28. The number of methoxy groups -OCH3 is 2. The number of rotatable bonds is 7. The van der Waals surface area contributed by atoms with Crippen LogP contribution in [0.25, 0.3) is 0 Å². The molecule has 1 aromatic carbocycles. The standard InChI is InChI=1S/C15H24O3/c1-15(2,18-4)10-9-13(16)11-12-7-5-6-8-14(12)17-3/h5-8,13,16H,9-11H2,1-4H3. The third kappa shape index (κ3) is 4.67. The quantitative estimate of drug-likeness (QED) is 0.811. The maximum Gasteiger partial charge on any atom is 0.122 e. The fraction of sp³-hybridized carbons (Fsp3) is 0.600. The Morgan fingerprint density at radius 3 is 2.50 bits per heavy atom. The molecule has 1 aromatic rings. The smallest absolute Gasteiger partial charge is 0.122 e. The van der Waals surface area contributed by atoms with Crippen molar-refractivity contribution in [1.82, 2.24) is 0 Å². The van der Waals surface area contributed by atoms with Crippen LogP contribution in [-0.4, -0.2) is 31.0 Å². The van der Waals surface area contributed by atoms with Crippen LogP contribution in [0.15, 0.2) is 24.3 Å². The van der Waals surface area contributed by atoms with Gasteiger partial charge in [0.25, 0.3) is 0 Å². The minimum Gasteiger partial charge on any atom is -0.496 e. The van der Waals surface area contributed by atoms with E-state index in [0.29, 0.717) is 6.42 Å². The molecule has 1 unspecified atom stereocenters. The molecule has 0 aliphatic carbocycles. The zero-order chi connectivity index (χ0) is 13.6. The molecule has 18 heavy (non-hydrogen) atoms. The van der Waals surface area contributed by atoms with E-state index in [-0.39, 0.29) is 11.7 Å². The molecule has 1 atom stereocenters. The van der Waals surface area contributed by atoms with E-state index in [9.17, 15) is 5.11 Å². The van der Waals surface area contributed by atoms with Gasteiger partial charge in [0.15, 0.2) is 0 Å². The molecule has 3 heteroatoms. The van der Waals surface area contributed by atoms with Crippen molar-refractivity contribution in [1.29, 1.82) is 0 Å². The van der Waals surface area contributed by atoms with Crippen molar-refractivity contribution >= 4 is 0 Å². The highest BCUT2D eigenvalue weighted by atomic mass is 16.5. The first-order valence-corrected chi connectivity index (χ1v) is 6.33. The monoisotopic (exact) mass is 252 g/mol. The van der Waals surface area contributed by atoms with Gasteiger partial charge in [0.1, 0.15) is 5.75 Å². The minimum absolute atomic E-state index is 0.179. The second-order valence-corrected chi connectivity index (χ2v) is 5.17. The van der Waals surface area contributed by atoms with Crippen molar-refractivity contribution < 1.29 is 14.6 Å². The molecule has 0 aromatic heterocycles. The van der Waals surface area contributed by atoms with E-state index in [1.807, 2.05) is 38.1 Å². The summed E-state index contributed by atoms with van der Waals surface area (Å²) in [4.78, 5) is 0. The Morgan fingerprint density at radius 2 is 1.89 bits per heavy atom. The molecule has 0 aliphatic rings. The van der Waals surface area contributed by atoms with Gasteiger partial charge >= 0.3 is 0 Å². The molecule has 0 saturated carbocycles. The van der Waals surface area contributed by atoms with Crippen LogP contribution in [0.3, 0.4) is 0 Å². The van der Waals surface area contributed by atoms with Gasteiger partial charge in [-0.1, -0.05) is 18.2 Å². The van der Waals surface area contributed by atoms with Gasteiger partial charge in [0.2, 0.25) is 0 Å². The summed E-state index contributed by atoms with van der Waals surface area (Å²) in [5, 5.41) is 10.1. The molecule has 0 spiro atoms. The number of aliphatic hydroxyl groups excluding tert-OH is 1. The van der Waals surface area contributed by atoms with Crippen molar-refractivity contribution in [2.24, 2.45) is 0 Å². The topological polar surface area (TPSA) is 38.7 Å². The summed E-state index contributed by atoms with van der Waals surface area (Å²) in [6.07, 6.45) is 1.80. The summed E-state index contributed by atoms with van der Waals surface area (Å²) in [5.74, 6) is 0.836. The molecule has 102 valence electrons. The van der Waals surface area contributed by atoms with Gasteiger partial charge < -0.3 is 14.6 Å². The average Bonchev–Trinajstić information content (AvgIpc) is 2.37. The molecule has 0 saturated heterocycles. The SMILES string of the molecule is COc1ccccc1CC(O)CCC(C)(C)OC. The van der Waals surface area contributed by atoms with E-state index in [1.54, 1.807) is 14.2 Å². The van der Waals surface area contributed by atoms with Gasteiger partial charge in [-0.2, -0.15) is 0 Å². The molecule has 0 bridgehead atoms. The first-order valence-electron chi connectivity index (χ1n) is 6.33. The first-order chi connectivity index (χ1) is 8.48. The van der Waals surface area contributed by atoms with Crippen LogP contribution in [0.2, 0.25) is 0 Å². The van der Waals surface area contributed by atoms with Gasteiger partial charge in [-0.15, -0.1) is 0 Å². The van der Waals surface area contributed by atoms with Gasteiger partial charge in [-0.3, -0.25) is 0 Å². The second kappa shape index (κ2) is 6.76. The Labute approximate surface area is 110 Å². The molecule has 1 rings (SSSR count). The van der Waals surface area contributed by atoms with Crippen LogP contribution < -0.4 is 4.74 Å². The molecular weight excluding hydrogens is 228 g/mol. The lowest BCUT2D eigenvalue weighted by Crippen LogP contribution is -2.25. The zero-order valence-corrected chi connectivity index (χ0v) is 11.8. The van der Waals surface area contributed by atoms with Crippen molar-refractivity contribution in [2.45, 2.75) is 44.8 Å². The summed E-state index contributed by atoms with van der Waals surface area (Å²) in [5.41, 5.74) is 0.865. The second-order valence-electron chi connectivity index (χ2n) is 5.17. The summed E-state index contributed by atoms with van der Waals surface area (Å²) in [7, 11) is 3.35. The van der Waals surface area contributed by atoms with Crippen LogP contribution in [0.5, 0.6) is 5.75 Å². The predicted octanol–water partition coefficient (Wildman–Crippen LogP) is 2.80. The largest absolute Gasteiger partial charge is 0.496 e. The van der Waals surface area contributed by atoms with Gasteiger partial charge in [0, 0.05) is 13.5 Å². The number of para-hydroxylation sites is 1. The summed E-state index contributed by atoms with van der Waals surface area (Å²) < 4.78 is 10.6. The number of ether oxygens (including phenoxy) is 2. The molecule has 3 nitrogen and oxygen atoms in total. The van der Waals surface area contributed by atoms with Crippen LogP contribution in [0.1, 0.15) is 32.3 Å². The highest BCUT2D eigenvalue weighted by Crippen LogP contribution is 2.22. The summed E-state index contributed by atoms with van der Waals surface area (Å²) in [6.45, 7) is 4.06. The van der Waals surface area contributed by atoms with Crippen molar-refractivity contribution in [3.8, 4) is 5.75 Å². The van der Waals surface area contributed by atoms with E-state index in [1.165, 1.54) is 0 Å². The Balaban J connectivity index is 2.52. The molecule has 0 radical (unpaired) electrons. The van der Waals surface area contributed by atoms with E-state index in [2.05, 4.69) is 0 Å². The average molecular weight is 252 g/mol. The molecule has 0 amide bonds. The first kappa shape index (κ1) is 15.0. The molecular formula is C15H24O3. The minimum atomic E-state index is -0.365. The number of hydrogen-bond donors (Lipinski definition) is 1. The summed E-state index contributed by atoms with van der Waals surface area (Å²) in [6, 6.07) is 7.80. The normalized spacial score (nSPS) is 13.4. The zero-order valence-electron chi connectivity index (χ0n) is 11.8. The van der Waals surface area contributed by atoms with Gasteiger partial charge in [-0.05, 0) is 38.3 Å². The van der Waals surface area contributed by atoms with Crippen LogP contribution >= 0.6 is 0 Å². The van der Waals surface area contributed by atoms with Crippen molar-refractivity contribution in [3.63, 3.8) is 0 Å². The predicted molar refractivity (Wildman–Crippen MR) is 73.0 cm³/mol. The highest BCUT2D eigenvalue weighted by molar-refractivity contribution is 5.33. The van der Waals surface area contributed by atoms with E-state index >= 15 is 0 Å². The Morgan fingerprint density at radius 1 is 1.22 bits per heavy atom. The van der Waals surface area contributed by atoms with Crippen LogP contribution in [0, 0.1) is 0 Å². The summed E-state index contributed by atoms with van der Waals surface area (Å²) >= 11 is 0. The van der Waals surface area contributed by atoms with Gasteiger partial charge in [-0.25, -0.2) is 0 Å². The van der Waals surface area contributed by atoms with E-state index in [4.69, 9.17) is 9.47 Å². The highest BCUT2D eigenvalue weighted by Gasteiger charge is 2.19. The third-order valence-electron chi connectivity index (χ3n) is 3.28. The molecule has 0 heterocycles. The van der Waals surface area contributed by atoms with E-state index < -0.39 is 0 Å². The van der Waals surface area contributed by atoms with Crippen molar-refractivity contribution in [2.75, 3.05) is 14.2 Å². The van der Waals surface area contributed by atoms with E-state index in [0.717, 1.165) is 24.2 Å². The Kier molecular flexibility index (Phi) is 5.63. The lowest BCUT2D eigenvalue weighted by molar-refractivity contribution is 0.00303. The molecule has 0 aliphatic heterocycles. The van der Waals surface area contributed by atoms with Crippen LogP contribution in [0.4, 0.5) is 0 Å². The Hall–Kier alpha value is -1.06. The maximum absolute atomic E-state index is 10.1. The molecule has 1 N–H and O–H groups in total.